The summed E-state index contributed by atoms with van der Waals surface area (Å²) in [7, 11) is 0. The molecule has 0 aromatic heterocycles. The van der Waals surface area contributed by atoms with Crippen LogP contribution in [-0.4, -0.2) is 28.5 Å². The Labute approximate surface area is 141 Å². The van der Waals surface area contributed by atoms with E-state index in [1.54, 1.807) is 0 Å². The fourth-order valence-corrected chi connectivity index (χ4v) is 2.88. The van der Waals surface area contributed by atoms with Gasteiger partial charge in [0.1, 0.15) is 12.4 Å². The quantitative estimate of drug-likeness (QED) is 0.182. The number of nitro groups is 1. The number of rotatable bonds is 17. The Morgan fingerprint density at radius 3 is 2.00 bits per heavy atom. The highest BCUT2D eigenvalue weighted by Crippen LogP contribution is 2.17. The van der Waals surface area contributed by atoms with Crippen LogP contribution in [0.2, 0.25) is 0 Å². The summed E-state index contributed by atoms with van der Waals surface area (Å²) in [6.07, 6.45) is 13.1. The van der Waals surface area contributed by atoms with E-state index in [0.717, 1.165) is 57.7 Å². The highest BCUT2D eigenvalue weighted by Gasteiger charge is 2.28. The summed E-state index contributed by atoms with van der Waals surface area (Å²) >= 11 is 0. The molecule has 0 fully saturated rings. The number of nitrogens with zero attached hydrogens (tertiary/aromatic N) is 1. The lowest BCUT2D eigenvalue weighted by Gasteiger charge is -2.16. The van der Waals surface area contributed by atoms with Crippen LogP contribution in [-0.2, 0) is 4.79 Å². The number of hydrogen-bond acceptors (Lipinski definition) is 4. The second-order valence-corrected chi connectivity index (χ2v) is 6.49. The Bertz CT molecular complexity index is 297. The zero-order valence-electron chi connectivity index (χ0n) is 14.8. The van der Waals surface area contributed by atoms with Gasteiger partial charge in [0.25, 0.3) is 0 Å². The highest BCUT2D eigenvalue weighted by atomic mass is 16.6. The van der Waals surface area contributed by atoms with Gasteiger partial charge in [-0.3, -0.25) is 10.1 Å². The molecule has 0 heterocycles. The van der Waals surface area contributed by atoms with Crippen molar-refractivity contribution in [3.05, 3.63) is 10.1 Å². The zero-order valence-corrected chi connectivity index (χ0v) is 14.8. The summed E-state index contributed by atoms with van der Waals surface area (Å²) in [6, 6.07) is -0.809. The van der Waals surface area contributed by atoms with Gasteiger partial charge < -0.3 is 9.90 Å². The third-order valence-corrected chi connectivity index (χ3v) is 4.39. The van der Waals surface area contributed by atoms with Crippen LogP contribution in [0, 0.1) is 10.1 Å². The van der Waals surface area contributed by atoms with Crippen molar-refractivity contribution >= 4 is 6.29 Å². The maximum absolute atomic E-state index is 11.1. The number of carbonyl (C=O) groups is 1. The van der Waals surface area contributed by atoms with Crippen LogP contribution in [0.5, 0.6) is 0 Å². The standard InChI is InChI=1S/C18H35NO4/c1-2-3-4-5-8-11-14-17(19(22)23)18(21)15-12-9-6-7-10-13-16-20/h16-18,21H,2-15H2,1H3. The van der Waals surface area contributed by atoms with Crippen molar-refractivity contribution in [1.29, 1.82) is 0 Å². The van der Waals surface area contributed by atoms with Crippen molar-refractivity contribution in [2.75, 3.05) is 0 Å². The lowest BCUT2D eigenvalue weighted by Crippen LogP contribution is -2.33. The average Bonchev–Trinajstić information content (AvgIpc) is 2.52. The Kier molecular flexibility index (Phi) is 15.2. The van der Waals surface area contributed by atoms with Gasteiger partial charge in [-0.2, -0.15) is 0 Å². The minimum Gasteiger partial charge on any atom is -0.386 e. The third-order valence-electron chi connectivity index (χ3n) is 4.39. The number of aliphatic hydroxyl groups is 1. The van der Waals surface area contributed by atoms with Gasteiger partial charge in [0.15, 0.2) is 0 Å². The molecule has 0 aromatic carbocycles. The van der Waals surface area contributed by atoms with Crippen LogP contribution < -0.4 is 0 Å². The minimum absolute atomic E-state index is 0.305. The van der Waals surface area contributed by atoms with Crippen LogP contribution in [0.4, 0.5) is 0 Å². The van der Waals surface area contributed by atoms with Gasteiger partial charge >= 0.3 is 0 Å². The van der Waals surface area contributed by atoms with E-state index in [2.05, 4.69) is 6.92 Å². The number of aliphatic hydroxyl groups excluding tert-OH is 1. The molecule has 0 aromatic rings. The van der Waals surface area contributed by atoms with E-state index in [1.807, 2.05) is 0 Å². The predicted octanol–water partition coefficient (Wildman–Crippen LogP) is 4.67. The molecule has 2 atom stereocenters. The molecule has 1 N–H and O–H groups in total. The zero-order chi connectivity index (χ0) is 17.3. The third kappa shape index (κ3) is 13.2. The fourth-order valence-electron chi connectivity index (χ4n) is 2.88. The van der Waals surface area contributed by atoms with Crippen molar-refractivity contribution in [3.63, 3.8) is 0 Å². The second-order valence-electron chi connectivity index (χ2n) is 6.49. The number of carbonyl (C=O) groups excluding carboxylic acids is 1. The average molecular weight is 329 g/mol. The molecule has 0 radical (unpaired) electrons. The Morgan fingerprint density at radius 2 is 1.43 bits per heavy atom. The van der Waals surface area contributed by atoms with Gasteiger partial charge in [0.2, 0.25) is 6.04 Å². The first-order valence-electron chi connectivity index (χ1n) is 9.38. The molecule has 5 heteroatoms. The second kappa shape index (κ2) is 15.9. The van der Waals surface area contributed by atoms with Gasteiger partial charge in [0, 0.05) is 17.8 Å². The molecule has 2 unspecified atom stereocenters. The summed E-state index contributed by atoms with van der Waals surface area (Å²) in [5.74, 6) is 0. The summed E-state index contributed by atoms with van der Waals surface area (Å²) < 4.78 is 0. The van der Waals surface area contributed by atoms with Gasteiger partial charge in [-0.25, -0.2) is 0 Å². The van der Waals surface area contributed by atoms with E-state index >= 15 is 0 Å². The van der Waals surface area contributed by atoms with E-state index in [4.69, 9.17) is 0 Å². The predicted molar refractivity (Wildman–Crippen MR) is 93.2 cm³/mol. The SMILES string of the molecule is CCCCCCCCC(C(O)CCCCCCCC=O)[N+](=O)[O-]. The maximum atomic E-state index is 11.1. The van der Waals surface area contributed by atoms with E-state index in [-0.39, 0.29) is 4.92 Å². The summed E-state index contributed by atoms with van der Waals surface area (Å²) in [6.45, 7) is 2.17. The van der Waals surface area contributed by atoms with Gasteiger partial charge in [-0.15, -0.1) is 0 Å². The van der Waals surface area contributed by atoms with Crippen molar-refractivity contribution in [1.82, 2.24) is 0 Å². The largest absolute Gasteiger partial charge is 0.386 e. The Morgan fingerprint density at radius 1 is 0.913 bits per heavy atom. The lowest BCUT2D eigenvalue weighted by atomic mass is 9.98. The van der Waals surface area contributed by atoms with Crippen molar-refractivity contribution in [3.8, 4) is 0 Å². The summed E-state index contributed by atoms with van der Waals surface area (Å²) in [5.41, 5.74) is 0. The van der Waals surface area contributed by atoms with E-state index in [0.29, 0.717) is 19.3 Å². The summed E-state index contributed by atoms with van der Waals surface area (Å²) in [5, 5.41) is 21.2. The van der Waals surface area contributed by atoms with Crippen LogP contribution >= 0.6 is 0 Å². The lowest BCUT2D eigenvalue weighted by molar-refractivity contribution is -0.535. The van der Waals surface area contributed by atoms with Crippen LogP contribution in [0.15, 0.2) is 0 Å². The number of unbranched alkanes of at least 4 members (excludes halogenated alkanes) is 10. The molecule has 0 saturated heterocycles. The van der Waals surface area contributed by atoms with Crippen LogP contribution in [0.1, 0.15) is 96.8 Å². The number of hydrogen-bond donors (Lipinski definition) is 1. The van der Waals surface area contributed by atoms with E-state index < -0.39 is 12.1 Å². The molecule has 0 amide bonds. The van der Waals surface area contributed by atoms with Gasteiger partial charge in [0.05, 0.1) is 0 Å². The van der Waals surface area contributed by atoms with Gasteiger partial charge in [-0.05, 0) is 19.3 Å². The van der Waals surface area contributed by atoms with Gasteiger partial charge in [-0.1, -0.05) is 64.7 Å². The normalized spacial score (nSPS) is 13.7. The first-order chi connectivity index (χ1) is 11.1. The van der Waals surface area contributed by atoms with Crippen molar-refractivity contribution in [2.24, 2.45) is 0 Å². The molecule has 0 spiro atoms. The molecule has 0 rings (SSSR count). The molecule has 0 aliphatic rings. The first kappa shape index (κ1) is 22.0. The molecular formula is C18H35NO4. The summed E-state index contributed by atoms with van der Waals surface area (Å²) in [4.78, 5) is 21.0. The Balaban J connectivity index is 3.77. The molecule has 136 valence electrons. The molecule has 0 aliphatic heterocycles. The minimum atomic E-state index is -0.824. The molecule has 0 aliphatic carbocycles. The van der Waals surface area contributed by atoms with E-state index in [9.17, 15) is 20.0 Å². The van der Waals surface area contributed by atoms with Crippen molar-refractivity contribution < 1.29 is 14.8 Å². The smallest absolute Gasteiger partial charge is 0.238 e. The number of aldehydes is 1. The van der Waals surface area contributed by atoms with Crippen molar-refractivity contribution in [2.45, 2.75) is 109 Å². The molecule has 5 nitrogen and oxygen atoms in total. The fraction of sp³-hybridized carbons (Fsp3) is 0.944. The monoisotopic (exact) mass is 329 g/mol. The molecule has 23 heavy (non-hydrogen) atoms. The first-order valence-corrected chi connectivity index (χ1v) is 9.38. The molecule has 0 saturated carbocycles. The topological polar surface area (TPSA) is 80.4 Å². The van der Waals surface area contributed by atoms with Crippen LogP contribution in [0.3, 0.4) is 0 Å². The molecular weight excluding hydrogens is 294 g/mol. The van der Waals surface area contributed by atoms with Crippen LogP contribution in [0.25, 0.3) is 0 Å². The van der Waals surface area contributed by atoms with E-state index in [1.165, 1.54) is 19.3 Å². The highest BCUT2D eigenvalue weighted by molar-refractivity contribution is 5.48. The maximum Gasteiger partial charge on any atom is 0.238 e. The molecule has 0 bridgehead atoms. The Hall–Kier alpha value is -0.970.